The molecule has 0 aliphatic rings. The summed E-state index contributed by atoms with van der Waals surface area (Å²) in [6, 6.07) is 5.55. The minimum absolute atomic E-state index is 0.308. The first-order valence-corrected chi connectivity index (χ1v) is 6.59. The fraction of sp³-hybridized carbons (Fsp3) is 0.385. The summed E-state index contributed by atoms with van der Waals surface area (Å²) in [6.07, 6.45) is 0.832. The van der Waals surface area contributed by atoms with Crippen LogP contribution in [0.3, 0.4) is 0 Å². The zero-order valence-electron chi connectivity index (χ0n) is 9.92. The van der Waals surface area contributed by atoms with Crippen LogP contribution in [-0.2, 0) is 16.5 Å². The van der Waals surface area contributed by atoms with E-state index in [4.69, 9.17) is 10.00 Å². The second-order valence-corrected chi connectivity index (χ2v) is 4.05. The first kappa shape index (κ1) is 13.7. The van der Waals surface area contributed by atoms with Gasteiger partial charge in [-0.05, 0) is 36.6 Å². The minimum Gasteiger partial charge on any atom is -0.462 e. The summed E-state index contributed by atoms with van der Waals surface area (Å²) in [5.41, 5.74) is 2.83. The van der Waals surface area contributed by atoms with Crippen molar-refractivity contribution in [2.75, 3.05) is 6.61 Å². The first-order chi connectivity index (χ1) is 8.17. The highest BCUT2D eigenvalue weighted by Gasteiger charge is 2.15. The van der Waals surface area contributed by atoms with Crippen molar-refractivity contribution in [3.63, 3.8) is 0 Å². The third-order valence-corrected chi connectivity index (χ3v) is 3.08. The number of aryl methyl sites for hydroxylation is 1. The van der Waals surface area contributed by atoms with Crippen LogP contribution >= 0.6 is 15.9 Å². The van der Waals surface area contributed by atoms with E-state index in [1.165, 1.54) is 0 Å². The van der Waals surface area contributed by atoms with E-state index in [0.29, 0.717) is 23.1 Å². The first-order valence-electron chi connectivity index (χ1n) is 5.46. The van der Waals surface area contributed by atoms with Gasteiger partial charge in [0.05, 0.1) is 17.7 Å². The Morgan fingerprint density at radius 1 is 1.41 bits per heavy atom. The van der Waals surface area contributed by atoms with E-state index < -0.39 is 5.97 Å². The molecular weight excluding hydrogens is 282 g/mol. The van der Waals surface area contributed by atoms with E-state index in [9.17, 15) is 4.79 Å². The molecule has 0 radical (unpaired) electrons. The van der Waals surface area contributed by atoms with Crippen LogP contribution in [0, 0.1) is 11.3 Å². The van der Waals surface area contributed by atoms with Crippen molar-refractivity contribution in [2.24, 2.45) is 0 Å². The normalized spacial score (nSPS) is 9.76. The van der Waals surface area contributed by atoms with Crippen LogP contribution in [0.5, 0.6) is 0 Å². The second kappa shape index (κ2) is 6.41. The largest absolute Gasteiger partial charge is 0.462 e. The molecule has 0 fully saturated rings. The molecule has 0 aromatic heterocycles. The predicted molar refractivity (Wildman–Crippen MR) is 69.1 cm³/mol. The van der Waals surface area contributed by atoms with Gasteiger partial charge in [-0.15, -0.1) is 0 Å². The van der Waals surface area contributed by atoms with Crippen LogP contribution in [0.4, 0.5) is 0 Å². The molecule has 1 aromatic carbocycles. The maximum absolute atomic E-state index is 11.7. The summed E-state index contributed by atoms with van der Waals surface area (Å²) < 4.78 is 4.94. The second-order valence-electron chi connectivity index (χ2n) is 3.49. The van der Waals surface area contributed by atoms with E-state index in [2.05, 4.69) is 15.9 Å². The van der Waals surface area contributed by atoms with Gasteiger partial charge < -0.3 is 4.74 Å². The van der Waals surface area contributed by atoms with Crippen molar-refractivity contribution in [3.05, 3.63) is 34.4 Å². The molecule has 0 spiro atoms. The van der Waals surface area contributed by atoms with Crippen LogP contribution < -0.4 is 0 Å². The van der Waals surface area contributed by atoms with Gasteiger partial charge in [0.1, 0.15) is 6.07 Å². The highest BCUT2D eigenvalue weighted by Crippen LogP contribution is 2.20. The Morgan fingerprint density at radius 2 is 2.12 bits per heavy atom. The standard InChI is InChI=1S/C13H14BrNO2/c1-3-9-5-11(8-15)12(6-10(9)7-14)13(16)17-4-2/h5-6H,3-4,7H2,1-2H3. The number of ether oxygens (including phenoxy) is 1. The molecule has 0 unspecified atom stereocenters. The lowest BCUT2D eigenvalue weighted by atomic mass is 9.98. The molecule has 0 bridgehead atoms. The number of nitriles is 1. The summed E-state index contributed by atoms with van der Waals surface area (Å²) >= 11 is 3.38. The van der Waals surface area contributed by atoms with Gasteiger partial charge in [-0.1, -0.05) is 22.9 Å². The Morgan fingerprint density at radius 3 is 2.59 bits per heavy atom. The van der Waals surface area contributed by atoms with Crippen molar-refractivity contribution in [1.82, 2.24) is 0 Å². The van der Waals surface area contributed by atoms with Gasteiger partial charge in [0.2, 0.25) is 0 Å². The quantitative estimate of drug-likeness (QED) is 0.633. The van der Waals surface area contributed by atoms with E-state index in [1.807, 2.05) is 13.0 Å². The average molecular weight is 296 g/mol. The number of alkyl halides is 1. The molecule has 0 aliphatic carbocycles. The Hall–Kier alpha value is -1.34. The molecule has 0 amide bonds. The summed E-state index contributed by atoms with van der Waals surface area (Å²) in [7, 11) is 0. The zero-order chi connectivity index (χ0) is 12.8. The topological polar surface area (TPSA) is 50.1 Å². The molecule has 0 N–H and O–H groups in total. The molecule has 0 aliphatic heterocycles. The van der Waals surface area contributed by atoms with Crippen LogP contribution in [0.2, 0.25) is 0 Å². The summed E-state index contributed by atoms with van der Waals surface area (Å²) in [4.78, 5) is 11.7. The highest BCUT2D eigenvalue weighted by atomic mass is 79.9. The molecule has 0 saturated carbocycles. The number of esters is 1. The highest BCUT2D eigenvalue weighted by molar-refractivity contribution is 9.08. The lowest BCUT2D eigenvalue weighted by Crippen LogP contribution is -2.09. The van der Waals surface area contributed by atoms with Gasteiger partial charge in [-0.25, -0.2) is 4.79 Å². The molecule has 17 heavy (non-hydrogen) atoms. The molecule has 3 nitrogen and oxygen atoms in total. The Labute approximate surface area is 110 Å². The Kier molecular flexibility index (Phi) is 5.17. The molecule has 0 heterocycles. The summed E-state index contributed by atoms with van der Waals surface area (Å²) in [5.74, 6) is -0.436. The summed E-state index contributed by atoms with van der Waals surface area (Å²) in [6.45, 7) is 4.07. The Bertz CT molecular complexity index is 463. The van der Waals surface area contributed by atoms with Crippen molar-refractivity contribution in [3.8, 4) is 6.07 Å². The maximum Gasteiger partial charge on any atom is 0.339 e. The van der Waals surface area contributed by atoms with E-state index in [0.717, 1.165) is 17.5 Å². The van der Waals surface area contributed by atoms with Gasteiger partial charge in [-0.3, -0.25) is 0 Å². The van der Waals surface area contributed by atoms with Crippen molar-refractivity contribution >= 4 is 21.9 Å². The fourth-order valence-electron chi connectivity index (χ4n) is 1.61. The van der Waals surface area contributed by atoms with Crippen molar-refractivity contribution < 1.29 is 9.53 Å². The number of carbonyl (C=O) groups is 1. The van der Waals surface area contributed by atoms with Crippen LogP contribution in [0.15, 0.2) is 12.1 Å². The number of benzene rings is 1. The van der Waals surface area contributed by atoms with E-state index >= 15 is 0 Å². The third kappa shape index (κ3) is 3.07. The molecule has 4 heteroatoms. The van der Waals surface area contributed by atoms with Gasteiger partial charge in [-0.2, -0.15) is 5.26 Å². The molecule has 0 atom stereocenters. The number of hydrogen-bond acceptors (Lipinski definition) is 3. The molecule has 1 aromatic rings. The SMILES string of the molecule is CCOC(=O)c1cc(CBr)c(CC)cc1C#N. The Balaban J connectivity index is 3.29. The number of hydrogen-bond donors (Lipinski definition) is 0. The van der Waals surface area contributed by atoms with Crippen molar-refractivity contribution in [2.45, 2.75) is 25.6 Å². The number of nitrogens with zero attached hydrogens (tertiary/aromatic N) is 1. The molecule has 0 saturated heterocycles. The van der Waals surface area contributed by atoms with E-state index in [-0.39, 0.29) is 0 Å². The lowest BCUT2D eigenvalue weighted by Gasteiger charge is -2.10. The van der Waals surface area contributed by atoms with Crippen LogP contribution in [0.1, 0.15) is 40.9 Å². The van der Waals surface area contributed by atoms with Crippen molar-refractivity contribution in [1.29, 1.82) is 5.26 Å². The predicted octanol–water partition coefficient (Wildman–Crippen LogP) is 3.19. The molecular formula is C13H14BrNO2. The number of halogens is 1. The molecule has 1 rings (SSSR count). The third-order valence-electron chi connectivity index (χ3n) is 2.48. The molecule has 90 valence electrons. The monoisotopic (exact) mass is 295 g/mol. The van der Waals surface area contributed by atoms with Gasteiger partial charge in [0.15, 0.2) is 0 Å². The number of rotatable bonds is 4. The van der Waals surface area contributed by atoms with Gasteiger partial charge in [0, 0.05) is 5.33 Å². The summed E-state index contributed by atoms with van der Waals surface area (Å²) in [5, 5.41) is 9.71. The fourth-order valence-corrected chi connectivity index (χ4v) is 2.14. The zero-order valence-corrected chi connectivity index (χ0v) is 11.5. The van der Waals surface area contributed by atoms with Gasteiger partial charge in [0.25, 0.3) is 0 Å². The minimum atomic E-state index is -0.436. The van der Waals surface area contributed by atoms with Gasteiger partial charge >= 0.3 is 5.97 Å². The van der Waals surface area contributed by atoms with E-state index in [1.54, 1.807) is 19.1 Å². The maximum atomic E-state index is 11.7. The van der Waals surface area contributed by atoms with Crippen LogP contribution in [-0.4, -0.2) is 12.6 Å². The number of carbonyl (C=O) groups excluding carboxylic acids is 1. The van der Waals surface area contributed by atoms with Crippen LogP contribution in [0.25, 0.3) is 0 Å². The average Bonchev–Trinajstić information content (AvgIpc) is 2.37. The smallest absolute Gasteiger partial charge is 0.339 e. The lowest BCUT2D eigenvalue weighted by molar-refractivity contribution is 0.0526.